The molecule has 0 heterocycles. The van der Waals surface area contributed by atoms with Gasteiger partial charge in [0.05, 0.1) is 6.42 Å². The van der Waals surface area contributed by atoms with Crippen LogP contribution >= 0.6 is 0 Å². The third-order valence-corrected chi connectivity index (χ3v) is 4.64. The van der Waals surface area contributed by atoms with Crippen LogP contribution in [0.1, 0.15) is 65.7 Å². The summed E-state index contributed by atoms with van der Waals surface area (Å²) in [7, 11) is 0. The molecule has 5 heteroatoms. The van der Waals surface area contributed by atoms with E-state index < -0.39 is 5.97 Å². The second kappa shape index (κ2) is 7.25. The van der Waals surface area contributed by atoms with E-state index in [4.69, 9.17) is 10.8 Å². The zero-order valence-electron chi connectivity index (χ0n) is 13.6. The number of hydrogen-bond donors (Lipinski definition) is 3. The van der Waals surface area contributed by atoms with Crippen LogP contribution in [0, 0.1) is 10.8 Å². The van der Waals surface area contributed by atoms with Crippen molar-refractivity contribution in [1.29, 1.82) is 0 Å². The van der Waals surface area contributed by atoms with Crippen molar-refractivity contribution in [2.75, 3.05) is 6.54 Å². The fourth-order valence-corrected chi connectivity index (χ4v) is 3.09. The Hall–Kier alpha value is -1.10. The van der Waals surface area contributed by atoms with E-state index in [1.165, 1.54) is 6.42 Å². The minimum atomic E-state index is -0.888. The molecule has 1 fully saturated rings. The standard InChI is InChI=1S/C16H30N2O3/c1-15(2,3)12(9-14(20)21)18-13(19)10-16(11-17)7-5-4-6-8-16/h12H,4-11,17H2,1-3H3,(H,18,19)(H,20,21). The molecule has 1 rings (SSSR count). The van der Waals surface area contributed by atoms with Gasteiger partial charge in [-0.25, -0.2) is 0 Å². The van der Waals surface area contributed by atoms with E-state index in [9.17, 15) is 9.59 Å². The highest BCUT2D eigenvalue weighted by Crippen LogP contribution is 2.38. The summed E-state index contributed by atoms with van der Waals surface area (Å²) in [5, 5.41) is 11.9. The molecular weight excluding hydrogens is 268 g/mol. The molecule has 1 amide bonds. The summed E-state index contributed by atoms with van der Waals surface area (Å²) in [6.45, 7) is 6.36. The number of carbonyl (C=O) groups is 2. The van der Waals surface area contributed by atoms with Crippen LogP contribution in [0.25, 0.3) is 0 Å². The Kier molecular flexibility index (Phi) is 6.20. The van der Waals surface area contributed by atoms with Gasteiger partial charge in [0.15, 0.2) is 0 Å². The Morgan fingerprint density at radius 1 is 1.24 bits per heavy atom. The largest absolute Gasteiger partial charge is 0.481 e. The van der Waals surface area contributed by atoms with Crippen LogP contribution < -0.4 is 11.1 Å². The lowest BCUT2D eigenvalue weighted by Crippen LogP contribution is -2.47. The van der Waals surface area contributed by atoms with Gasteiger partial charge in [0.1, 0.15) is 0 Å². The molecule has 5 nitrogen and oxygen atoms in total. The normalized spacial score (nSPS) is 19.8. The summed E-state index contributed by atoms with van der Waals surface area (Å²) in [5.41, 5.74) is 5.54. The Labute approximate surface area is 127 Å². The summed E-state index contributed by atoms with van der Waals surface area (Å²) in [4.78, 5) is 23.3. The molecule has 0 bridgehead atoms. The maximum Gasteiger partial charge on any atom is 0.305 e. The number of nitrogens with one attached hydrogen (secondary N) is 1. The number of rotatable bonds is 6. The Balaban J connectivity index is 2.66. The van der Waals surface area contributed by atoms with Gasteiger partial charge in [0.25, 0.3) is 0 Å². The lowest BCUT2D eigenvalue weighted by molar-refractivity contribution is -0.138. The fraction of sp³-hybridized carbons (Fsp3) is 0.875. The second-order valence-electron chi connectivity index (χ2n) is 7.53. The SMILES string of the molecule is CC(C)(C)C(CC(=O)O)NC(=O)CC1(CN)CCCCC1. The molecule has 21 heavy (non-hydrogen) atoms. The fourth-order valence-electron chi connectivity index (χ4n) is 3.09. The Morgan fingerprint density at radius 3 is 2.24 bits per heavy atom. The van der Waals surface area contributed by atoms with Crippen LogP contribution in [0.5, 0.6) is 0 Å². The molecule has 0 radical (unpaired) electrons. The molecular formula is C16H30N2O3. The van der Waals surface area contributed by atoms with E-state index in [-0.39, 0.29) is 29.2 Å². The van der Waals surface area contributed by atoms with Gasteiger partial charge in [-0.3, -0.25) is 9.59 Å². The minimum Gasteiger partial charge on any atom is -0.481 e. The monoisotopic (exact) mass is 298 g/mol. The first-order valence-electron chi connectivity index (χ1n) is 7.90. The lowest BCUT2D eigenvalue weighted by Gasteiger charge is -2.37. The van der Waals surface area contributed by atoms with Crippen LogP contribution in [0.3, 0.4) is 0 Å². The first kappa shape index (κ1) is 18.0. The van der Waals surface area contributed by atoms with Gasteiger partial charge in [-0.15, -0.1) is 0 Å². The van der Waals surface area contributed by atoms with Crippen molar-refractivity contribution in [3.8, 4) is 0 Å². The molecule has 0 aliphatic heterocycles. The van der Waals surface area contributed by atoms with E-state index >= 15 is 0 Å². The highest BCUT2D eigenvalue weighted by Gasteiger charge is 2.35. The highest BCUT2D eigenvalue weighted by atomic mass is 16.4. The predicted molar refractivity (Wildman–Crippen MR) is 82.8 cm³/mol. The number of carboxylic acids is 1. The van der Waals surface area contributed by atoms with Crippen molar-refractivity contribution in [2.45, 2.75) is 71.8 Å². The second-order valence-corrected chi connectivity index (χ2v) is 7.53. The van der Waals surface area contributed by atoms with Gasteiger partial charge in [0, 0.05) is 12.5 Å². The van der Waals surface area contributed by atoms with Crippen LogP contribution in [-0.2, 0) is 9.59 Å². The maximum atomic E-state index is 12.4. The van der Waals surface area contributed by atoms with Gasteiger partial charge in [-0.2, -0.15) is 0 Å². The van der Waals surface area contributed by atoms with Crippen LogP contribution in [0.4, 0.5) is 0 Å². The molecule has 1 atom stereocenters. The van der Waals surface area contributed by atoms with E-state index in [0.717, 1.165) is 25.7 Å². The Morgan fingerprint density at radius 2 is 1.81 bits per heavy atom. The molecule has 1 aliphatic carbocycles. The zero-order chi connectivity index (χ0) is 16.1. The quantitative estimate of drug-likeness (QED) is 0.701. The maximum absolute atomic E-state index is 12.4. The molecule has 0 aromatic heterocycles. The summed E-state index contributed by atoms with van der Waals surface area (Å²) in [5.74, 6) is -0.954. The Bertz CT molecular complexity index is 368. The number of carboxylic acid groups (broad SMARTS) is 1. The smallest absolute Gasteiger partial charge is 0.305 e. The zero-order valence-corrected chi connectivity index (χ0v) is 13.6. The average molecular weight is 298 g/mol. The lowest BCUT2D eigenvalue weighted by atomic mass is 9.71. The molecule has 4 N–H and O–H groups in total. The van der Waals surface area contributed by atoms with Crippen molar-refractivity contribution < 1.29 is 14.7 Å². The van der Waals surface area contributed by atoms with Crippen molar-refractivity contribution >= 4 is 11.9 Å². The third kappa shape index (κ3) is 5.65. The predicted octanol–water partition coefficient (Wildman–Crippen LogP) is 2.29. The van der Waals surface area contributed by atoms with E-state index in [0.29, 0.717) is 13.0 Å². The van der Waals surface area contributed by atoms with Crippen molar-refractivity contribution in [2.24, 2.45) is 16.6 Å². The number of amides is 1. The molecule has 0 spiro atoms. The van der Waals surface area contributed by atoms with Crippen LogP contribution in [0.15, 0.2) is 0 Å². The number of aliphatic carboxylic acids is 1. The van der Waals surface area contributed by atoms with Gasteiger partial charge in [0.2, 0.25) is 5.91 Å². The molecule has 1 aliphatic rings. The molecule has 0 aromatic carbocycles. The topological polar surface area (TPSA) is 92.4 Å². The summed E-state index contributed by atoms with van der Waals surface area (Å²) >= 11 is 0. The third-order valence-electron chi connectivity index (χ3n) is 4.64. The van der Waals surface area contributed by atoms with Gasteiger partial charge < -0.3 is 16.2 Å². The van der Waals surface area contributed by atoms with Crippen LogP contribution in [-0.4, -0.2) is 29.6 Å². The van der Waals surface area contributed by atoms with Gasteiger partial charge >= 0.3 is 5.97 Å². The van der Waals surface area contributed by atoms with E-state index in [1.54, 1.807) is 0 Å². The van der Waals surface area contributed by atoms with Gasteiger partial charge in [-0.1, -0.05) is 40.0 Å². The average Bonchev–Trinajstić information content (AvgIpc) is 2.37. The van der Waals surface area contributed by atoms with Crippen molar-refractivity contribution in [3.63, 3.8) is 0 Å². The number of hydrogen-bond acceptors (Lipinski definition) is 3. The van der Waals surface area contributed by atoms with E-state index in [1.807, 2.05) is 20.8 Å². The van der Waals surface area contributed by atoms with E-state index in [2.05, 4.69) is 5.32 Å². The number of carbonyl (C=O) groups excluding carboxylic acids is 1. The highest BCUT2D eigenvalue weighted by molar-refractivity contribution is 5.78. The van der Waals surface area contributed by atoms with Crippen LogP contribution in [0.2, 0.25) is 0 Å². The first-order valence-corrected chi connectivity index (χ1v) is 7.90. The summed E-state index contributed by atoms with van der Waals surface area (Å²) < 4.78 is 0. The summed E-state index contributed by atoms with van der Waals surface area (Å²) in [6, 6.07) is -0.360. The first-order chi connectivity index (χ1) is 9.68. The molecule has 0 aromatic rings. The molecule has 1 saturated carbocycles. The molecule has 122 valence electrons. The number of nitrogens with two attached hydrogens (primary N) is 1. The van der Waals surface area contributed by atoms with Crippen molar-refractivity contribution in [3.05, 3.63) is 0 Å². The van der Waals surface area contributed by atoms with Gasteiger partial charge in [-0.05, 0) is 30.2 Å². The van der Waals surface area contributed by atoms with Crippen molar-refractivity contribution in [1.82, 2.24) is 5.32 Å². The summed E-state index contributed by atoms with van der Waals surface area (Å²) in [6.07, 6.45) is 5.82. The molecule has 1 unspecified atom stereocenters. The molecule has 0 saturated heterocycles. The minimum absolute atomic E-state index is 0.0507.